The van der Waals surface area contributed by atoms with Gasteiger partial charge in [0, 0.05) is 23.2 Å². The van der Waals surface area contributed by atoms with Crippen molar-refractivity contribution >= 4 is 40.4 Å². The van der Waals surface area contributed by atoms with Crippen molar-refractivity contribution in [2.45, 2.75) is 44.6 Å². The summed E-state index contributed by atoms with van der Waals surface area (Å²) in [5.74, 6) is -0.328. The Bertz CT molecular complexity index is 1390. The Morgan fingerprint density at radius 3 is 2.70 bits per heavy atom. The molecule has 0 aromatic carbocycles. The van der Waals surface area contributed by atoms with Crippen LogP contribution in [-0.2, 0) is 10.2 Å². The van der Waals surface area contributed by atoms with Crippen LogP contribution in [0.25, 0.3) is 11.5 Å². The van der Waals surface area contributed by atoms with Gasteiger partial charge in [-0.3, -0.25) is 4.79 Å². The number of pyridine rings is 1. The lowest BCUT2D eigenvalue weighted by atomic mass is 9.88. The molecule has 5 rings (SSSR count). The molecule has 170 valence electrons. The highest BCUT2D eigenvalue weighted by Gasteiger charge is 2.43. The Balaban J connectivity index is 1.41. The number of aromatic nitrogens is 7. The van der Waals surface area contributed by atoms with E-state index in [0.717, 1.165) is 11.3 Å². The van der Waals surface area contributed by atoms with Crippen LogP contribution in [0.2, 0.25) is 10.2 Å². The molecular formula is C21H20Cl2N8O2. The topological polar surface area (TPSA) is 123 Å². The molecular weight excluding hydrogens is 467 g/mol. The van der Waals surface area contributed by atoms with Crippen molar-refractivity contribution in [3.8, 4) is 5.82 Å². The SMILES string of the molecule is C[C@H](O)c1cnn(-c2ncc(NC(=O)[C@H]3CC(C)(C)c4c3cnc3cc(Cl)nn43)cc2Cl)n1. The molecule has 33 heavy (non-hydrogen) atoms. The molecule has 0 bridgehead atoms. The molecule has 4 aromatic heterocycles. The van der Waals surface area contributed by atoms with Crippen molar-refractivity contribution in [2.24, 2.45) is 0 Å². The van der Waals surface area contributed by atoms with E-state index in [1.54, 1.807) is 29.8 Å². The van der Waals surface area contributed by atoms with Gasteiger partial charge in [0.2, 0.25) is 5.91 Å². The number of nitrogens with one attached hydrogen (secondary N) is 1. The van der Waals surface area contributed by atoms with Crippen molar-refractivity contribution in [3.05, 3.63) is 57.9 Å². The minimum absolute atomic E-state index is 0.194. The molecule has 1 aliphatic rings. The number of fused-ring (bicyclic) bond motifs is 3. The van der Waals surface area contributed by atoms with Crippen molar-refractivity contribution in [2.75, 3.05) is 5.32 Å². The number of carbonyl (C=O) groups excluding carboxylic acids is 1. The van der Waals surface area contributed by atoms with Crippen LogP contribution in [0, 0.1) is 0 Å². The number of aliphatic hydroxyl groups excluding tert-OH is 1. The minimum atomic E-state index is -0.761. The number of anilines is 1. The van der Waals surface area contributed by atoms with E-state index in [9.17, 15) is 9.90 Å². The average molecular weight is 487 g/mol. The number of hydrogen-bond donors (Lipinski definition) is 2. The van der Waals surface area contributed by atoms with Gasteiger partial charge in [-0.05, 0) is 19.4 Å². The van der Waals surface area contributed by atoms with E-state index < -0.39 is 12.0 Å². The van der Waals surface area contributed by atoms with Gasteiger partial charge in [0.15, 0.2) is 16.6 Å². The number of aliphatic hydroxyl groups is 1. The lowest BCUT2D eigenvalue weighted by Gasteiger charge is -2.19. The van der Waals surface area contributed by atoms with Crippen molar-refractivity contribution in [1.82, 2.24) is 34.6 Å². The predicted molar refractivity (Wildman–Crippen MR) is 122 cm³/mol. The van der Waals surface area contributed by atoms with Crippen LogP contribution in [-0.4, -0.2) is 45.6 Å². The smallest absolute Gasteiger partial charge is 0.232 e. The first-order valence-electron chi connectivity index (χ1n) is 10.3. The molecule has 0 radical (unpaired) electrons. The Morgan fingerprint density at radius 1 is 1.21 bits per heavy atom. The summed E-state index contributed by atoms with van der Waals surface area (Å²) in [6.07, 6.45) is 4.47. The first kappa shape index (κ1) is 21.7. The number of halogens is 2. The van der Waals surface area contributed by atoms with E-state index in [4.69, 9.17) is 23.2 Å². The third-order valence-electron chi connectivity index (χ3n) is 5.75. The largest absolute Gasteiger partial charge is 0.387 e. The van der Waals surface area contributed by atoms with Gasteiger partial charge in [-0.25, -0.2) is 14.5 Å². The Kier molecular flexibility index (Phi) is 5.11. The van der Waals surface area contributed by atoms with Gasteiger partial charge in [-0.15, -0.1) is 9.90 Å². The summed E-state index contributed by atoms with van der Waals surface area (Å²) in [6, 6.07) is 3.28. The highest BCUT2D eigenvalue weighted by atomic mass is 35.5. The van der Waals surface area contributed by atoms with E-state index in [1.807, 2.05) is 0 Å². The fourth-order valence-electron chi connectivity index (χ4n) is 4.25. The van der Waals surface area contributed by atoms with Crippen molar-refractivity contribution in [1.29, 1.82) is 0 Å². The molecule has 0 unspecified atom stereocenters. The fraction of sp³-hybridized carbons (Fsp3) is 0.333. The summed E-state index contributed by atoms with van der Waals surface area (Å²) >= 11 is 12.5. The summed E-state index contributed by atoms with van der Waals surface area (Å²) in [5.41, 5.74) is 2.91. The maximum Gasteiger partial charge on any atom is 0.232 e. The molecule has 0 fully saturated rings. The zero-order valence-corrected chi connectivity index (χ0v) is 19.5. The molecule has 0 aliphatic heterocycles. The average Bonchev–Trinajstić information content (AvgIpc) is 3.43. The molecule has 12 heteroatoms. The summed E-state index contributed by atoms with van der Waals surface area (Å²) in [5, 5.41) is 25.7. The van der Waals surface area contributed by atoms with Crippen LogP contribution >= 0.6 is 23.2 Å². The molecule has 2 atom stereocenters. The van der Waals surface area contributed by atoms with Gasteiger partial charge < -0.3 is 10.4 Å². The number of nitrogens with zero attached hydrogens (tertiary/aromatic N) is 7. The maximum absolute atomic E-state index is 13.2. The minimum Gasteiger partial charge on any atom is -0.387 e. The van der Waals surface area contributed by atoms with Gasteiger partial charge in [0.1, 0.15) is 5.69 Å². The fourth-order valence-corrected chi connectivity index (χ4v) is 4.66. The molecule has 10 nitrogen and oxygen atoms in total. The van der Waals surface area contributed by atoms with E-state index in [-0.39, 0.29) is 22.2 Å². The Hall–Kier alpha value is -3.08. The number of hydrogen-bond acceptors (Lipinski definition) is 7. The third-order valence-corrected chi connectivity index (χ3v) is 6.21. The van der Waals surface area contributed by atoms with Crippen LogP contribution in [0.4, 0.5) is 5.69 Å². The number of carbonyl (C=O) groups is 1. The first-order valence-corrected chi connectivity index (χ1v) is 11.0. The highest BCUT2D eigenvalue weighted by Crippen LogP contribution is 2.46. The summed E-state index contributed by atoms with van der Waals surface area (Å²) < 4.78 is 1.72. The van der Waals surface area contributed by atoms with Crippen LogP contribution in [0.15, 0.2) is 30.7 Å². The lowest BCUT2D eigenvalue weighted by molar-refractivity contribution is -0.117. The second-order valence-corrected chi connectivity index (χ2v) is 9.49. The molecule has 0 spiro atoms. The zero-order valence-electron chi connectivity index (χ0n) is 18.0. The maximum atomic E-state index is 13.2. The predicted octanol–water partition coefficient (Wildman–Crippen LogP) is 3.47. The summed E-state index contributed by atoms with van der Waals surface area (Å²) in [7, 11) is 0. The molecule has 4 aromatic rings. The molecule has 2 N–H and O–H groups in total. The van der Waals surface area contributed by atoms with Gasteiger partial charge in [-0.2, -0.15) is 10.2 Å². The molecule has 1 amide bonds. The number of amides is 1. The van der Waals surface area contributed by atoms with Crippen LogP contribution in [0.1, 0.15) is 56.2 Å². The third kappa shape index (κ3) is 3.73. The second-order valence-electron chi connectivity index (χ2n) is 8.69. The van der Waals surface area contributed by atoms with Gasteiger partial charge in [0.25, 0.3) is 0 Å². The summed E-state index contributed by atoms with van der Waals surface area (Å²) in [6.45, 7) is 5.73. The van der Waals surface area contributed by atoms with Crippen LogP contribution < -0.4 is 5.32 Å². The zero-order chi connectivity index (χ0) is 23.5. The molecule has 0 saturated heterocycles. The Labute approximate surface area is 198 Å². The summed E-state index contributed by atoms with van der Waals surface area (Å²) in [4.78, 5) is 23.2. The van der Waals surface area contributed by atoms with Gasteiger partial charge in [-0.1, -0.05) is 37.0 Å². The quantitative estimate of drug-likeness (QED) is 0.452. The van der Waals surface area contributed by atoms with E-state index >= 15 is 0 Å². The van der Waals surface area contributed by atoms with Gasteiger partial charge in [0.05, 0.1) is 40.8 Å². The van der Waals surface area contributed by atoms with Gasteiger partial charge >= 0.3 is 0 Å². The van der Waals surface area contributed by atoms with Crippen LogP contribution in [0.5, 0.6) is 0 Å². The van der Waals surface area contributed by atoms with E-state index in [0.29, 0.717) is 28.6 Å². The number of rotatable bonds is 4. The molecule has 0 saturated carbocycles. The highest BCUT2D eigenvalue weighted by molar-refractivity contribution is 6.32. The molecule has 4 heterocycles. The standard InChI is InChI=1S/C21H20Cl2N8O2/c1-10(32)15-9-26-31(28-15)19-14(22)4-11(7-25-19)27-20(33)12-6-21(2,3)18-13(12)8-24-17-5-16(23)29-30(17)18/h4-5,7-10,12,32H,6H2,1-3H3,(H,27,33)/t10-,12-/m0/s1. The van der Waals surface area contributed by atoms with Crippen molar-refractivity contribution in [3.63, 3.8) is 0 Å². The monoisotopic (exact) mass is 486 g/mol. The second kappa shape index (κ2) is 7.75. The molecule has 1 aliphatic carbocycles. The van der Waals surface area contributed by atoms with E-state index in [2.05, 4.69) is 44.4 Å². The van der Waals surface area contributed by atoms with Crippen LogP contribution in [0.3, 0.4) is 0 Å². The first-order chi connectivity index (χ1) is 15.6. The Morgan fingerprint density at radius 2 is 2.00 bits per heavy atom. The van der Waals surface area contributed by atoms with Crippen molar-refractivity contribution < 1.29 is 9.90 Å². The lowest BCUT2D eigenvalue weighted by Crippen LogP contribution is -2.21. The van der Waals surface area contributed by atoms with E-state index in [1.165, 1.54) is 17.2 Å². The normalized spacial score (nSPS) is 17.8.